The van der Waals surface area contributed by atoms with E-state index in [1.54, 1.807) is 12.1 Å². The standard InChI is InChI=1S/C16H11F3N6O2/c17-16(18,19)9-3-6-11(22-7-9)27-10-4-1-8(2-5-10)13-23-14(12(20)26)25-15(21)24-13/h1-7H,(H2,20,26)(H2,21,23,24,25). The van der Waals surface area contributed by atoms with Crippen LogP contribution in [-0.4, -0.2) is 25.8 Å². The van der Waals surface area contributed by atoms with E-state index in [9.17, 15) is 18.0 Å². The number of aromatic nitrogens is 4. The van der Waals surface area contributed by atoms with Gasteiger partial charge in [0.25, 0.3) is 5.91 Å². The number of nitrogen functional groups attached to an aromatic ring is 1. The average Bonchev–Trinajstić information content (AvgIpc) is 2.61. The van der Waals surface area contributed by atoms with Crippen LogP contribution in [0.15, 0.2) is 42.6 Å². The van der Waals surface area contributed by atoms with Gasteiger partial charge in [-0.3, -0.25) is 4.79 Å². The van der Waals surface area contributed by atoms with E-state index >= 15 is 0 Å². The molecule has 0 atom stereocenters. The molecule has 0 aliphatic carbocycles. The summed E-state index contributed by atoms with van der Waals surface area (Å²) in [5.74, 6) is -0.830. The molecule has 0 radical (unpaired) electrons. The molecule has 2 heterocycles. The molecule has 1 amide bonds. The van der Waals surface area contributed by atoms with Gasteiger partial charge >= 0.3 is 6.18 Å². The molecule has 0 saturated heterocycles. The maximum Gasteiger partial charge on any atom is 0.417 e. The SMILES string of the molecule is NC(=O)c1nc(N)nc(-c2ccc(Oc3ccc(C(F)(F)F)cn3)cc2)n1. The Kier molecular flexibility index (Phi) is 4.59. The van der Waals surface area contributed by atoms with Crippen molar-refractivity contribution in [2.75, 3.05) is 5.73 Å². The fourth-order valence-corrected chi connectivity index (χ4v) is 2.03. The van der Waals surface area contributed by atoms with Crippen LogP contribution in [0.4, 0.5) is 19.1 Å². The zero-order valence-electron chi connectivity index (χ0n) is 13.4. The van der Waals surface area contributed by atoms with Crippen molar-refractivity contribution >= 4 is 11.9 Å². The van der Waals surface area contributed by atoms with Crippen molar-refractivity contribution in [2.45, 2.75) is 6.18 Å². The van der Waals surface area contributed by atoms with Gasteiger partial charge in [0.2, 0.25) is 17.7 Å². The summed E-state index contributed by atoms with van der Waals surface area (Å²) in [5.41, 5.74) is 10.3. The molecule has 0 saturated carbocycles. The van der Waals surface area contributed by atoms with Crippen LogP contribution in [0.5, 0.6) is 11.6 Å². The van der Waals surface area contributed by atoms with Crippen LogP contribution in [0.1, 0.15) is 16.2 Å². The molecule has 8 nitrogen and oxygen atoms in total. The van der Waals surface area contributed by atoms with Gasteiger partial charge in [0.15, 0.2) is 5.82 Å². The Morgan fingerprint density at radius 2 is 1.70 bits per heavy atom. The van der Waals surface area contributed by atoms with Crippen LogP contribution in [-0.2, 0) is 6.18 Å². The monoisotopic (exact) mass is 376 g/mol. The summed E-state index contributed by atoms with van der Waals surface area (Å²) in [6, 6.07) is 8.17. The number of benzene rings is 1. The first-order valence-electron chi connectivity index (χ1n) is 7.35. The zero-order chi connectivity index (χ0) is 19.6. The summed E-state index contributed by atoms with van der Waals surface area (Å²) >= 11 is 0. The van der Waals surface area contributed by atoms with Gasteiger partial charge in [-0.1, -0.05) is 0 Å². The highest BCUT2D eigenvalue weighted by Crippen LogP contribution is 2.30. The van der Waals surface area contributed by atoms with Gasteiger partial charge in [-0.2, -0.15) is 23.1 Å². The minimum Gasteiger partial charge on any atom is -0.439 e. The number of carbonyl (C=O) groups excluding carboxylic acids is 1. The smallest absolute Gasteiger partial charge is 0.417 e. The number of rotatable bonds is 4. The van der Waals surface area contributed by atoms with E-state index in [4.69, 9.17) is 16.2 Å². The first-order chi connectivity index (χ1) is 12.7. The van der Waals surface area contributed by atoms with Gasteiger partial charge in [0.1, 0.15) is 5.75 Å². The predicted octanol–water partition coefficient (Wildman–Crippen LogP) is 2.43. The van der Waals surface area contributed by atoms with E-state index in [1.807, 2.05) is 0 Å². The number of pyridine rings is 1. The molecule has 0 unspecified atom stereocenters. The number of alkyl halides is 3. The largest absolute Gasteiger partial charge is 0.439 e. The third-order valence-corrected chi connectivity index (χ3v) is 3.27. The Morgan fingerprint density at radius 3 is 2.26 bits per heavy atom. The molecule has 1 aromatic carbocycles. The fraction of sp³-hybridized carbons (Fsp3) is 0.0625. The minimum absolute atomic E-state index is 0.00355. The Morgan fingerprint density at radius 1 is 1.00 bits per heavy atom. The van der Waals surface area contributed by atoms with Crippen LogP contribution >= 0.6 is 0 Å². The highest BCUT2D eigenvalue weighted by atomic mass is 19.4. The van der Waals surface area contributed by atoms with Gasteiger partial charge in [-0.15, -0.1) is 0 Å². The second-order valence-electron chi connectivity index (χ2n) is 5.21. The molecular weight excluding hydrogens is 365 g/mol. The maximum absolute atomic E-state index is 12.5. The average molecular weight is 376 g/mol. The summed E-state index contributed by atoms with van der Waals surface area (Å²) in [7, 11) is 0. The van der Waals surface area contributed by atoms with E-state index in [2.05, 4.69) is 19.9 Å². The normalized spacial score (nSPS) is 11.2. The van der Waals surface area contributed by atoms with Crippen molar-refractivity contribution in [1.82, 2.24) is 19.9 Å². The first kappa shape index (κ1) is 18.0. The number of nitrogens with two attached hydrogens (primary N) is 2. The van der Waals surface area contributed by atoms with Crippen LogP contribution in [0, 0.1) is 0 Å². The molecule has 138 valence electrons. The molecule has 0 aliphatic rings. The number of hydrogen-bond donors (Lipinski definition) is 2. The second-order valence-corrected chi connectivity index (χ2v) is 5.21. The van der Waals surface area contributed by atoms with Crippen molar-refractivity contribution in [3.8, 4) is 23.0 Å². The summed E-state index contributed by atoms with van der Waals surface area (Å²) in [5, 5.41) is 0. The van der Waals surface area contributed by atoms with Gasteiger partial charge < -0.3 is 16.2 Å². The van der Waals surface area contributed by atoms with E-state index < -0.39 is 17.6 Å². The Hall–Kier alpha value is -3.76. The number of carbonyl (C=O) groups is 1. The predicted molar refractivity (Wildman–Crippen MR) is 87.5 cm³/mol. The van der Waals surface area contributed by atoms with E-state index in [-0.39, 0.29) is 23.5 Å². The first-order valence-corrected chi connectivity index (χ1v) is 7.35. The number of hydrogen-bond acceptors (Lipinski definition) is 7. The van der Waals surface area contributed by atoms with Crippen molar-refractivity contribution < 1.29 is 22.7 Å². The number of amides is 1. The van der Waals surface area contributed by atoms with E-state index in [0.717, 1.165) is 12.1 Å². The molecule has 27 heavy (non-hydrogen) atoms. The van der Waals surface area contributed by atoms with Gasteiger partial charge in [-0.05, 0) is 30.3 Å². The quantitative estimate of drug-likeness (QED) is 0.715. The Bertz CT molecular complexity index is 975. The van der Waals surface area contributed by atoms with Crippen molar-refractivity contribution in [2.24, 2.45) is 5.73 Å². The molecule has 3 aromatic rings. The number of ether oxygens (including phenoxy) is 1. The molecule has 11 heteroatoms. The highest BCUT2D eigenvalue weighted by molar-refractivity contribution is 5.89. The summed E-state index contributed by atoms with van der Waals surface area (Å²) in [6.07, 6.45) is -3.79. The lowest BCUT2D eigenvalue weighted by Crippen LogP contribution is -2.17. The minimum atomic E-state index is -4.47. The third-order valence-electron chi connectivity index (χ3n) is 3.27. The van der Waals surface area contributed by atoms with Crippen LogP contribution in [0.2, 0.25) is 0 Å². The lowest BCUT2D eigenvalue weighted by Gasteiger charge is -2.08. The second kappa shape index (κ2) is 6.86. The van der Waals surface area contributed by atoms with E-state index in [0.29, 0.717) is 17.5 Å². The lowest BCUT2D eigenvalue weighted by atomic mass is 10.2. The van der Waals surface area contributed by atoms with Gasteiger partial charge in [0, 0.05) is 17.8 Å². The van der Waals surface area contributed by atoms with Crippen LogP contribution < -0.4 is 16.2 Å². The molecule has 0 spiro atoms. The molecule has 0 aliphatic heterocycles. The molecular formula is C16H11F3N6O2. The lowest BCUT2D eigenvalue weighted by molar-refractivity contribution is -0.137. The van der Waals surface area contributed by atoms with Crippen LogP contribution in [0.25, 0.3) is 11.4 Å². The Balaban J connectivity index is 1.79. The molecule has 2 aromatic heterocycles. The number of anilines is 1. The Labute approximate surface area is 150 Å². The summed E-state index contributed by atoms with van der Waals surface area (Å²) < 4.78 is 43.0. The number of nitrogens with zero attached hydrogens (tertiary/aromatic N) is 4. The van der Waals surface area contributed by atoms with Crippen molar-refractivity contribution in [3.05, 3.63) is 54.0 Å². The zero-order valence-corrected chi connectivity index (χ0v) is 13.4. The molecule has 0 bridgehead atoms. The highest BCUT2D eigenvalue weighted by Gasteiger charge is 2.30. The number of primary amides is 1. The van der Waals surface area contributed by atoms with Gasteiger partial charge in [0.05, 0.1) is 5.56 Å². The molecule has 0 fully saturated rings. The fourth-order valence-electron chi connectivity index (χ4n) is 2.03. The molecule has 4 N–H and O–H groups in total. The topological polar surface area (TPSA) is 130 Å². The van der Waals surface area contributed by atoms with Crippen molar-refractivity contribution in [3.63, 3.8) is 0 Å². The van der Waals surface area contributed by atoms with E-state index in [1.165, 1.54) is 12.1 Å². The van der Waals surface area contributed by atoms with Gasteiger partial charge in [-0.25, -0.2) is 9.97 Å². The number of halogens is 3. The summed E-state index contributed by atoms with van der Waals surface area (Å²) in [6.45, 7) is 0. The summed E-state index contributed by atoms with van der Waals surface area (Å²) in [4.78, 5) is 26.3. The third kappa shape index (κ3) is 4.26. The van der Waals surface area contributed by atoms with Crippen LogP contribution in [0.3, 0.4) is 0 Å². The van der Waals surface area contributed by atoms with Crippen molar-refractivity contribution in [1.29, 1.82) is 0 Å². The maximum atomic E-state index is 12.5. The molecule has 3 rings (SSSR count).